The van der Waals surface area contributed by atoms with Crippen LogP contribution in [-0.2, 0) is 4.74 Å². The van der Waals surface area contributed by atoms with Crippen molar-refractivity contribution in [2.24, 2.45) is 0 Å². The molecule has 0 unspecified atom stereocenters. The van der Waals surface area contributed by atoms with E-state index in [1.54, 1.807) is 30.5 Å². The zero-order valence-corrected chi connectivity index (χ0v) is 19.0. The molecule has 1 aliphatic rings. The molecule has 33 heavy (non-hydrogen) atoms. The fraction of sp³-hybridized carbons (Fsp3) is 0.167. The molecule has 0 N–H and O–H groups in total. The van der Waals surface area contributed by atoms with Crippen LogP contribution in [0.4, 0.5) is 11.6 Å². The van der Waals surface area contributed by atoms with Gasteiger partial charge in [0.05, 0.1) is 18.9 Å². The van der Waals surface area contributed by atoms with Gasteiger partial charge < -0.3 is 4.74 Å². The third-order valence-electron chi connectivity index (χ3n) is 5.35. The van der Waals surface area contributed by atoms with Crippen LogP contribution in [0.25, 0.3) is 22.2 Å². The largest absolute Gasteiger partial charge is 0.379 e. The van der Waals surface area contributed by atoms with Crippen molar-refractivity contribution in [3.63, 3.8) is 0 Å². The first kappa shape index (κ1) is 21.6. The molecule has 2 aromatic heterocycles. The maximum Gasteiger partial charge on any atom is 0.247 e. The van der Waals surface area contributed by atoms with Crippen molar-refractivity contribution in [1.29, 1.82) is 5.26 Å². The topological polar surface area (TPSA) is 78.2 Å². The van der Waals surface area contributed by atoms with Gasteiger partial charge in [0.2, 0.25) is 5.95 Å². The quantitative estimate of drug-likeness (QED) is 0.397. The minimum Gasteiger partial charge on any atom is -0.379 e. The fourth-order valence-corrected chi connectivity index (χ4v) is 4.42. The van der Waals surface area contributed by atoms with E-state index in [1.165, 1.54) is 0 Å². The van der Waals surface area contributed by atoms with Gasteiger partial charge in [-0.3, -0.25) is 0 Å². The van der Waals surface area contributed by atoms with Gasteiger partial charge in [-0.1, -0.05) is 47.5 Å². The molecule has 9 heteroatoms. The summed E-state index contributed by atoms with van der Waals surface area (Å²) in [6.45, 7) is 2.65. The molecular weight excluding hydrogens is 459 g/mol. The summed E-state index contributed by atoms with van der Waals surface area (Å²) in [5.74, 6) is 0.468. The smallest absolute Gasteiger partial charge is 0.247 e. The Kier molecular flexibility index (Phi) is 6.07. The lowest BCUT2D eigenvalue weighted by molar-refractivity contribution is 0.0372. The SMILES string of the molecule is N#Cc1nc2nc(N(c3ccccc3)N3CCOCC3)ncc2cc1-c1c(Cl)cccc1Cl. The Morgan fingerprint density at radius 1 is 0.970 bits per heavy atom. The Labute approximate surface area is 200 Å². The van der Waals surface area contributed by atoms with Gasteiger partial charge in [0.25, 0.3) is 0 Å². The van der Waals surface area contributed by atoms with Gasteiger partial charge in [-0.15, -0.1) is 0 Å². The zero-order valence-electron chi connectivity index (χ0n) is 17.4. The molecule has 5 rings (SSSR count). The summed E-state index contributed by atoms with van der Waals surface area (Å²) in [5.41, 5.74) is 2.65. The van der Waals surface area contributed by atoms with Crippen LogP contribution in [0.2, 0.25) is 10.0 Å². The van der Waals surface area contributed by atoms with E-state index in [0.717, 1.165) is 5.69 Å². The summed E-state index contributed by atoms with van der Waals surface area (Å²) in [7, 11) is 0. The van der Waals surface area contributed by atoms with Crippen molar-refractivity contribution in [3.8, 4) is 17.2 Å². The first-order valence-corrected chi connectivity index (χ1v) is 11.1. The molecule has 7 nitrogen and oxygen atoms in total. The van der Waals surface area contributed by atoms with Gasteiger partial charge in [-0.25, -0.2) is 20.0 Å². The van der Waals surface area contributed by atoms with Crippen LogP contribution in [0.1, 0.15) is 5.69 Å². The molecule has 0 saturated carbocycles. The summed E-state index contributed by atoms with van der Waals surface area (Å²) in [5, 5.41) is 15.5. The van der Waals surface area contributed by atoms with Crippen LogP contribution >= 0.6 is 23.2 Å². The molecule has 0 aliphatic carbocycles. The van der Waals surface area contributed by atoms with Gasteiger partial charge >= 0.3 is 0 Å². The number of nitriles is 1. The minimum absolute atomic E-state index is 0.194. The average Bonchev–Trinajstić information content (AvgIpc) is 2.85. The number of ether oxygens (including phenoxy) is 1. The number of anilines is 2. The van der Waals surface area contributed by atoms with Crippen molar-refractivity contribution in [2.75, 3.05) is 31.3 Å². The van der Waals surface area contributed by atoms with Crippen LogP contribution in [0, 0.1) is 11.3 Å². The molecule has 0 amide bonds. The second kappa shape index (κ2) is 9.30. The number of fused-ring (bicyclic) bond motifs is 1. The predicted molar refractivity (Wildman–Crippen MR) is 128 cm³/mol. The second-order valence-corrected chi connectivity index (χ2v) is 8.20. The zero-order chi connectivity index (χ0) is 22.8. The number of benzene rings is 2. The third kappa shape index (κ3) is 4.22. The van der Waals surface area contributed by atoms with Gasteiger partial charge in [-0.2, -0.15) is 10.2 Å². The van der Waals surface area contributed by atoms with Gasteiger partial charge in [-0.05, 0) is 30.3 Å². The molecule has 1 saturated heterocycles. The average molecular weight is 477 g/mol. The van der Waals surface area contributed by atoms with E-state index in [4.69, 9.17) is 32.9 Å². The monoisotopic (exact) mass is 476 g/mol. The Morgan fingerprint density at radius 3 is 2.39 bits per heavy atom. The molecule has 0 radical (unpaired) electrons. The van der Waals surface area contributed by atoms with Crippen molar-refractivity contribution < 1.29 is 4.74 Å². The lowest BCUT2D eigenvalue weighted by Crippen LogP contribution is -2.47. The van der Waals surface area contributed by atoms with Gasteiger partial charge in [0.1, 0.15) is 6.07 Å². The van der Waals surface area contributed by atoms with Crippen LogP contribution in [0.5, 0.6) is 0 Å². The Hall–Kier alpha value is -3.28. The Bertz CT molecular complexity index is 1330. The van der Waals surface area contributed by atoms with Crippen molar-refractivity contribution in [3.05, 3.63) is 76.5 Å². The highest BCUT2D eigenvalue weighted by Gasteiger charge is 2.24. The van der Waals surface area contributed by atoms with Crippen molar-refractivity contribution >= 4 is 45.9 Å². The van der Waals surface area contributed by atoms with E-state index in [1.807, 2.05) is 35.3 Å². The summed E-state index contributed by atoms with van der Waals surface area (Å²) < 4.78 is 5.52. The normalized spacial score (nSPS) is 14.2. The first-order valence-electron chi connectivity index (χ1n) is 10.4. The van der Waals surface area contributed by atoms with Crippen LogP contribution < -0.4 is 5.01 Å². The molecule has 164 valence electrons. The molecule has 0 spiro atoms. The fourth-order valence-electron chi connectivity index (χ4n) is 3.82. The number of hydrogen-bond donors (Lipinski definition) is 0. The lowest BCUT2D eigenvalue weighted by Gasteiger charge is -2.37. The van der Waals surface area contributed by atoms with Gasteiger partial charge in [0.15, 0.2) is 11.3 Å². The molecule has 1 aliphatic heterocycles. The lowest BCUT2D eigenvalue weighted by atomic mass is 10.0. The summed E-state index contributed by atoms with van der Waals surface area (Å²) >= 11 is 12.8. The summed E-state index contributed by atoms with van der Waals surface area (Å²) in [6.07, 6.45) is 1.70. The number of halogens is 2. The highest BCUT2D eigenvalue weighted by molar-refractivity contribution is 6.39. The van der Waals surface area contributed by atoms with E-state index in [9.17, 15) is 5.26 Å². The van der Waals surface area contributed by atoms with Gasteiger partial charge in [0, 0.05) is 45.8 Å². The number of pyridine rings is 1. The van der Waals surface area contributed by atoms with E-state index in [0.29, 0.717) is 64.5 Å². The Balaban J connectivity index is 1.64. The number of para-hydroxylation sites is 1. The predicted octanol–water partition coefficient (Wildman–Crippen LogP) is 5.26. The number of morpholine rings is 1. The number of rotatable bonds is 4. The molecule has 1 fully saturated rings. The second-order valence-electron chi connectivity index (χ2n) is 7.39. The van der Waals surface area contributed by atoms with Crippen molar-refractivity contribution in [1.82, 2.24) is 20.0 Å². The maximum atomic E-state index is 9.81. The first-order chi connectivity index (χ1) is 16.2. The summed E-state index contributed by atoms with van der Waals surface area (Å²) in [6, 6.07) is 19.1. The Morgan fingerprint density at radius 2 is 1.70 bits per heavy atom. The molecule has 2 aromatic carbocycles. The highest BCUT2D eigenvalue weighted by atomic mass is 35.5. The van der Waals surface area contributed by atoms with E-state index >= 15 is 0 Å². The van der Waals surface area contributed by atoms with E-state index in [2.05, 4.69) is 21.0 Å². The molecule has 4 aromatic rings. The van der Waals surface area contributed by atoms with E-state index in [-0.39, 0.29) is 5.69 Å². The molecule has 0 atom stereocenters. The van der Waals surface area contributed by atoms with Crippen LogP contribution in [-0.4, -0.2) is 46.3 Å². The molecule has 0 bridgehead atoms. The molecular formula is C24H18Cl2N6O. The number of aromatic nitrogens is 3. The number of hydrogen-bond acceptors (Lipinski definition) is 7. The van der Waals surface area contributed by atoms with E-state index < -0.39 is 0 Å². The highest BCUT2D eigenvalue weighted by Crippen LogP contribution is 2.37. The minimum atomic E-state index is 0.194. The number of nitrogens with zero attached hydrogens (tertiary/aromatic N) is 6. The van der Waals surface area contributed by atoms with Crippen molar-refractivity contribution in [2.45, 2.75) is 0 Å². The molecule has 3 heterocycles. The standard InChI is InChI=1S/C24H18Cl2N6O/c25-19-7-4-8-20(26)22(19)18-13-16-15-28-24(30-23(16)29-21(18)14-27)32(17-5-2-1-3-6-17)31-9-11-33-12-10-31/h1-8,13,15H,9-12H2. The number of hydrazine groups is 1. The van der Waals surface area contributed by atoms with Crippen LogP contribution in [0.3, 0.4) is 0 Å². The maximum absolute atomic E-state index is 9.81. The summed E-state index contributed by atoms with van der Waals surface area (Å²) in [4.78, 5) is 13.9. The van der Waals surface area contributed by atoms with Crippen LogP contribution in [0.15, 0.2) is 60.8 Å². The third-order valence-corrected chi connectivity index (χ3v) is 5.98.